The number of rotatable bonds is 4. The van der Waals surface area contributed by atoms with Gasteiger partial charge in [-0.25, -0.2) is 5.43 Å². The summed E-state index contributed by atoms with van der Waals surface area (Å²) in [6.07, 6.45) is 1.48. The zero-order valence-electron chi connectivity index (χ0n) is 12.5. The number of hydrazone groups is 1. The van der Waals surface area contributed by atoms with E-state index in [4.69, 9.17) is 37.4 Å². The van der Waals surface area contributed by atoms with Crippen LogP contribution in [0, 0.1) is 0 Å². The Bertz CT molecular complexity index is 824. The molecule has 24 heavy (non-hydrogen) atoms. The van der Waals surface area contributed by atoms with Crippen LogP contribution < -0.4 is 19.6 Å². The molecule has 1 amide bonds. The first kappa shape index (κ1) is 16.4. The van der Waals surface area contributed by atoms with Crippen LogP contribution in [-0.2, 0) is 0 Å². The molecule has 6 nitrogen and oxygen atoms in total. The summed E-state index contributed by atoms with van der Waals surface area (Å²) in [7, 11) is 1.42. The van der Waals surface area contributed by atoms with E-state index in [1.807, 2.05) is 0 Å². The number of hydrogen-bond acceptors (Lipinski definition) is 5. The fourth-order valence-electron chi connectivity index (χ4n) is 2.16. The van der Waals surface area contributed by atoms with Crippen LogP contribution in [0.1, 0.15) is 15.9 Å². The minimum atomic E-state index is -0.492. The van der Waals surface area contributed by atoms with E-state index in [9.17, 15) is 4.79 Å². The van der Waals surface area contributed by atoms with E-state index in [1.54, 1.807) is 18.2 Å². The number of carbonyl (C=O) groups is 1. The number of nitrogens with one attached hydrogen (secondary N) is 1. The van der Waals surface area contributed by atoms with Crippen LogP contribution in [0.15, 0.2) is 35.4 Å². The summed E-state index contributed by atoms with van der Waals surface area (Å²) < 4.78 is 15.6. The quantitative estimate of drug-likeness (QED) is 0.664. The van der Waals surface area contributed by atoms with E-state index in [2.05, 4.69) is 10.5 Å². The molecule has 0 radical (unpaired) electrons. The van der Waals surface area contributed by atoms with Gasteiger partial charge in [0.15, 0.2) is 11.5 Å². The molecule has 0 bridgehead atoms. The second-order valence-corrected chi connectivity index (χ2v) is 5.62. The Balaban J connectivity index is 1.74. The maximum absolute atomic E-state index is 12.2. The fourth-order valence-corrected chi connectivity index (χ4v) is 2.73. The van der Waals surface area contributed by atoms with Gasteiger partial charge in [0.2, 0.25) is 6.79 Å². The molecule has 1 aliphatic heterocycles. The minimum Gasteiger partial charge on any atom is -0.494 e. The molecule has 0 fully saturated rings. The number of nitrogens with zero attached hydrogens (tertiary/aromatic N) is 1. The lowest BCUT2D eigenvalue weighted by atomic mass is 10.2. The number of hydrogen-bond donors (Lipinski definition) is 1. The second-order valence-electron chi connectivity index (χ2n) is 4.78. The minimum absolute atomic E-state index is 0.192. The second kappa shape index (κ2) is 6.98. The SMILES string of the molecule is COc1c(Cl)cc(Cl)cc1C(=O)N/N=C\c1ccc2c(c1)OCO2. The lowest BCUT2D eigenvalue weighted by molar-refractivity contribution is 0.0952. The van der Waals surface area contributed by atoms with Crippen molar-refractivity contribution in [2.24, 2.45) is 5.10 Å². The molecule has 0 saturated carbocycles. The molecule has 124 valence electrons. The molecular formula is C16H12Cl2N2O4. The van der Waals surface area contributed by atoms with E-state index >= 15 is 0 Å². The van der Waals surface area contributed by atoms with Crippen molar-refractivity contribution in [1.82, 2.24) is 5.43 Å². The molecular weight excluding hydrogens is 355 g/mol. The number of amides is 1. The van der Waals surface area contributed by atoms with Crippen molar-refractivity contribution in [2.45, 2.75) is 0 Å². The molecule has 2 aromatic rings. The molecule has 0 atom stereocenters. The maximum atomic E-state index is 12.2. The molecule has 3 rings (SSSR count). The summed E-state index contributed by atoms with van der Waals surface area (Å²) in [5, 5.41) is 4.49. The van der Waals surface area contributed by atoms with E-state index < -0.39 is 5.91 Å². The summed E-state index contributed by atoms with van der Waals surface area (Å²) in [6.45, 7) is 0.196. The van der Waals surface area contributed by atoms with Gasteiger partial charge in [-0.05, 0) is 35.9 Å². The molecule has 0 unspecified atom stereocenters. The Morgan fingerprint density at radius 3 is 2.83 bits per heavy atom. The molecule has 8 heteroatoms. The van der Waals surface area contributed by atoms with Crippen LogP contribution >= 0.6 is 23.2 Å². The predicted molar refractivity (Wildman–Crippen MR) is 90.6 cm³/mol. The standard InChI is InChI=1S/C16H12Cl2N2O4/c1-22-15-11(5-10(17)6-12(15)18)16(21)20-19-7-9-2-3-13-14(4-9)24-8-23-13/h2-7H,8H2,1H3,(H,20,21)/b19-7-. The number of fused-ring (bicyclic) bond motifs is 1. The van der Waals surface area contributed by atoms with Crippen LogP contribution in [0.25, 0.3) is 0 Å². The van der Waals surface area contributed by atoms with Crippen molar-refractivity contribution in [3.63, 3.8) is 0 Å². The Kier molecular flexibility index (Phi) is 4.78. The molecule has 0 spiro atoms. The highest BCUT2D eigenvalue weighted by Gasteiger charge is 2.16. The van der Waals surface area contributed by atoms with Gasteiger partial charge >= 0.3 is 0 Å². The molecule has 0 saturated heterocycles. The smallest absolute Gasteiger partial charge is 0.275 e. The van der Waals surface area contributed by atoms with E-state index in [0.29, 0.717) is 16.5 Å². The van der Waals surface area contributed by atoms with Gasteiger partial charge in [-0.2, -0.15) is 5.10 Å². The Morgan fingerprint density at radius 1 is 1.25 bits per heavy atom. The van der Waals surface area contributed by atoms with Crippen molar-refractivity contribution in [2.75, 3.05) is 13.9 Å². The zero-order valence-corrected chi connectivity index (χ0v) is 14.0. The van der Waals surface area contributed by atoms with Gasteiger partial charge in [-0.15, -0.1) is 0 Å². The van der Waals surface area contributed by atoms with Crippen LogP contribution in [0.5, 0.6) is 17.2 Å². The number of ether oxygens (including phenoxy) is 3. The summed E-state index contributed by atoms with van der Waals surface area (Å²) in [5.74, 6) is 1.05. The van der Waals surface area contributed by atoms with E-state index in [1.165, 1.54) is 25.5 Å². The van der Waals surface area contributed by atoms with Crippen molar-refractivity contribution in [3.8, 4) is 17.2 Å². The highest BCUT2D eigenvalue weighted by Crippen LogP contribution is 2.33. The van der Waals surface area contributed by atoms with Gasteiger partial charge in [0.05, 0.1) is 23.9 Å². The van der Waals surface area contributed by atoms with Gasteiger partial charge in [0.25, 0.3) is 5.91 Å². The van der Waals surface area contributed by atoms with E-state index in [0.717, 1.165) is 5.56 Å². The molecule has 0 aromatic heterocycles. The maximum Gasteiger partial charge on any atom is 0.275 e. The van der Waals surface area contributed by atoms with Gasteiger partial charge in [0, 0.05) is 5.02 Å². The van der Waals surface area contributed by atoms with Gasteiger partial charge in [0.1, 0.15) is 5.75 Å². The van der Waals surface area contributed by atoms with Crippen molar-refractivity contribution in [1.29, 1.82) is 0 Å². The van der Waals surface area contributed by atoms with Crippen LogP contribution in [0.3, 0.4) is 0 Å². The van der Waals surface area contributed by atoms with E-state index in [-0.39, 0.29) is 23.1 Å². The third-order valence-electron chi connectivity index (χ3n) is 3.23. The number of halogens is 2. The molecule has 1 N–H and O–H groups in total. The number of methoxy groups -OCH3 is 1. The average molecular weight is 367 g/mol. The van der Waals surface area contributed by atoms with Gasteiger partial charge in [-0.1, -0.05) is 23.2 Å². The first-order valence-corrected chi connectivity index (χ1v) is 7.60. The fraction of sp³-hybridized carbons (Fsp3) is 0.125. The third kappa shape index (κ3) is 3.39. The average Bonchev–Trinajstić information content (AvgIpc) is 3.01. The zero-order chi connectivity index (χ0) is 17.1. The van der Waals surface area contributed by atoms with Gasteiger partial charge < -0.3 is 14.2 Å². The Morgan fingerprint density at radius 2 is 2.04 bits per heavy atom. The largest absolute Gasteiger partial charge is 0.494 e. The van der Waals surface area contributed by atoms with Crippen molar-refractivity contribution < 1.29 is 19.0 Å². The Hall–Kier alpha value is -2.44. The summed E-state index contributed by atoms with van der Waals surface area (Å²) in [5.41, 5.74) is 3.34. The summed E-state index contributed by atoms with van der Waals surface area (Å²) in [4.78, 5) is 12.2. The lowest BCUT2D eigenvalue weighted by Crippen LogP contribution is -2.18. The number of benzene rings is 2. The molecule has 1 heterocycles. The highest BCUT2D eigenvalue weighted by atomic mass is 35.5. The molecule has 0 aliphatic carbocycles. The normalized spacial score (nSPS) is 12.5. The predicted octanol–water partition coefficient (Wildman–Crippen LogP) is 3.49. The van der Waals surface area contributed by atoms with Crippen LogP contribution in [0.2, 0.25) is 10.0 Å². The lowest BCUT2D eigenvalue weighted by Gasteiger charge is -2.09. The molecule has 2 aromatic carbocycles. The van der Waals surface area contributed by atoms with Gasteiger partial charge in [-0.3, -0.25) is 4.79 Å². The number of carbonyl (C=O) groups excluding carboxylic acids is 1. The third-order valence-corrected chi connectivity index (χ3v) is 3.73. The van der Waals surface area contributed by atoms with Crippen molar-refractivity contribution in [3.05, 3.63) is 51.5 Å². The first-order chi connectivity index (χ1) is 11.6. The Labute approximate surface area is 147 Å². The molecule has 1 aliphatic rings. The topological polar surface area (TPSA) is 69.2 Å². The monoisotopic (exact) mass is 366 g/mol. The summed E-state index contributed by atoms with van der Waals surface area (Å²) >= 11 is 11.9. The van der Waals surface area contributed by atoms with Crippen LogP contribution in [-0.4, -0.2) is 26.0 Å². The highest BCUT2D eigenvalue weighted by molar-refractivity contribution is 6.36. The van der Waals surface area contributed by atoms with Crippen molar-refractivity contribution >= 4 is 35.3 Å². The van der Waals surface area contributed by atoms with Crippen LogP contribution in [0.4, 0.5) is 0 Å². The first-order valence-electron chi connectivity index (χ1n) is 6.84. The summed E-state index contributed by atoms with van der Waals surface area (Å²) in [6, 6.07) is 8.27.